The Kier molecular flexibility index (Phi) is 4.37. The molecule has 0 aliphatic heterocycles. The average Bonchev–Trinajstić information content (AvgIpc) is 2.21. The van der Waals surface area contributed by atoms with E-state index in [-0.39, 0.29) is 24.8 Å². The molecule has 1 unspecified atom stereocenters. The lowest BCUT2D eigenvalue weighted by atomic mass is 10.0. The molecule has 0 saturated carbocycles. The monoisotopic (exact) mass is 230 g/mol. The summed E-state index contributed by atoms with van der Waals surface area (Å²) in [5.41, 5.74) is 0.254. The zero-order valence-electron chi connectivity index (χ0n) is 8.49. The molecule has 88 valence electrons. The van der Waals surface area contributed by atoms with Crippen LogP contribution in [-0.4, -0.2) is 16.2 Å². The second-order valence-corrected chi connectivity index (χ2v) is 3.48. The fourth-order valence-electron chi connectivity index (χ4n) is 1.33. The largest absolute Gasteiger partial charge is 0.481 e. The van der Waals surface area contributed by atoms with Crippen LogP contribution in [0.1, 0.15) is 30.9 Å². The number of halogens is 2. The molecule has 0 aliphatic carbocycles. The number of carbonyl (C=O) groups is 1. The van der Waals surface area contributed by atoms with Crippen molar-refractivity contribution in [2.75, 3.05) is 0 Å². The van der Waals surface area contributed by atoms with Crippen LogP contribution in [0, 0.1) is 11.6 Å². The van der Waals surface area contributed by atoms with E-state index < -0.39 is 23.7 Å². The summed E-state index contributed by atoms with van der Waals surface area (Å²) in [4.78, 5) is 10.2. The summed E-state index contributed by atoms with van der Waals surface area (Å²) in [6.07, 6.45) is -0.525. The van der Waals surface area contributed by atoms with E-state index in [1.807, 2.05) is 0 Å². The Labute approximate surface area is 91.3 Å². The summed E-state index contributed by atoms with van der Waals surface area (Å²) in [6.45, 7) is 0. The Morgan fingerprint density at radius 1 is 1.31 bits per heavy atom. The minimum Gasteiger partial charge on any atom is -0.481 e. The molecule has 0 bridgehead atoms. The third-order valence-corrected chi connectivity index (χ3v) is 2.20. The molecule has 3 nitrogen and oxygen atoms in total. The third-order valence-electron chi connectivity index (χ3n) is 2.20. The highest BCUT2D eigenvalue weighted by atomic mass is 19.2. The minimum atomic E-state index is -1.02. The van der Waals surface area contributed by atoms with Gasteiger partial charge in [0.2, 0.25) is 0 Å². The molecule has 1 aromatic rings. The van der Waals surface area contributed by atoms with Crippen molar-refractivity contribution in [3.63, 3.8) is 0 Å². The Hall–Kier alpha value is -1.49. The number of carboxylic acids is 1. The first-order valence-electron chi connectivity index (χ1n) is 4.85. The highest BCUT2D eigenvalue weighted by Crippen LogP contribution is 2.20. The lowest BCUT2D eigenvalue weighted by Gasteiger charge is -2.10. The van der Waals surface area contributed by atoms with E-state index in [9.17, 15) is 18.7 Å². The molecular formula is C11H12F2O3. The van der Waals surface area contributed by atoms with Gasteiger partial charge in [0, 0.05) is 6.42 Å². The number of aliphatic hydroxyl groups is 1. The predicted molar refractivity (Wildman–Crippen MR) is 52.8 cm³/mol. The van der Waals surface area contributed by atoms with Crippen molar-refractivity contribution < 1.29 is 23.8 Å². The van der Waals surface area contributed by atoms with Crippen molar-refractivity contribution in [2.45, 2.75) is 25.4 Å². The van der Waals surface area contributed by atoms with Crippen molar-refractivity contribution >= 4 is 5.97 Å². The van der Waals surface area contributed by atoms with Crippen molar-refractivity contribution in [1.29, 1.82) is 0 Å². The fourth-order valence-corrected chi connectivity index (χ4v) is 1.33. The average molecular weight is 230 g/mol. The number of benzene rings is 1. The second kappa shape index (κ2) is 5.55. The van der Waals surface area contributed by atoms with E-state index in [1.165, 1.54) is 6.07 Å². The lowest BCUT2D eigenvalue weighted by molar-refractivity contribution is -0.137. The zero-order chi connectivity index (χ0) is 12.1. The molecule has 1 atom stereocenters. The van der Waals surface area contributed by atoms with Crippen LogP contribution >= 0.6 is 0 Å². The highest BCUT2D eigenvalue weighted by Gasteiger charge is 2.11. The number of aliphatic carboxylic acids is 1. The van der Waals surface area contributed by atoms with E-state index in [0.29, 0.717) is 0 Å². The number of hydrogen-bond donors (Lipinski definition) is 2. The fraction of sp³-hybridized carbons (Fsp3) is 0.364. The summed E-state index contributed by atoms with van der Waals surface area (Å²) in [5, 5.41) is 18.0. The van der Waals surface area contributed by atoms with Gasteiger partial charge >= 0.3 is 5.97 Å². The molecular weight excluding hydrogens is 218 g/mol. The van der Waals surface area contributed by atoms with Crippen molar-refractivity contribution in [1.82, 2.24) is 0 Å². The smallest absolute Gasteiger partial charge is 0.303 e. The van der Waals surface area contributed by atoms with Crippen LogP contribution in [0.4, 0.5) is 8.78 Å². The van der Waals surface area contributed by atoms with Gasteiger partial charge in [0.1, 0.15) is 0 Å². The molecule has 0 spiro atoms. The molecule has 0 aliphatic rings. The summed E-state index contributed by atoms with van der Waals surface area (Å²) in [6, 6.07) is 3.13. The first kappa shape index (κ1) is 12.6. The molecule has 0 radical (unpaired) electrons. The Morgan fingerprint density at radius 3 is 2.56 bits per heavy atom. The zero-order valence-corrected chi connectivity index (χ0v) is 8.49. The topological polar surface area (TPSA) is 57.5 Å². The molecule has 2 N–H and O–H groups in total. The Balaban J connectivity index is 2.55. The normalized spacial score (nSPS) is 12.4. The van der Waals surface area contributed by atoms with Gasteiger partial charge in [0.15, 0.2) is 11.6 Å². The van der Waals surface area contributed by atoms with Gasteiger partial charge in [-0.2, -0.15) is 0 Å². The van der Waals surface area contributed by atoms with Gasteiger partial charge < -0.3 is 10.2 Å². The van der Waals surface area contributed by atoms with Gasteiger partial charge in [-0.15, -0.1) is 0 Å². The SMILES string of the molecule is O=C(O)CCCC(O)c1ccc(F)c(F)c1. The maximum absolute atomic E-state index is 12.8. The van der Waals surface area contributed by atoms with Crippen LogP contribution in [-0.2, 0) is 4.79 Å². The molecule has 5 heteroatoms. The van der Waals surface area contributed by atoms with Crippen molar-refractivity contribution in [3.8, 4) is 0 Å². The number of carboxylic acid groups (broad SMARTS) is 1. The van der Waals surface area contributed by atoms with Gasteiger partial charge in [-0.3, -0.25) is 4.79 Å². The first-order valence-corrected chi connectivity index (χ1v) is 4.85. The van der Waals surface area contributed by atoms with Gasteiger partial charge in [-0.05, 0) is 30.5 Å². The van der Waals surface area contributed by atoms with Gasteiger partial charge in [0.25, 0.3) is 0 Å². The quantitative estimate of drug-likeness (QED) is 0.815. The van der Waals surface area contributed by atoms with Gasteiger partial charge in [-0.1, -0.05) is 6.07 Å². The van der Waals surface area contributed by atoms with Crippen LogP contribution < -0.4 is 0 Å². The minimum absolute atomic E-state index is 0.0548. The standard InChI is InChI=1S/C11H12F2O3/c12-8-5-4-7(6-9(8)13)10(14)2-1-3-11(15)16/h4-6,10,14H,1-3H2,(H,15,16). The molecule has 1 aromatic carbocycles. The van der Waals surface area contributed by atoms with E-state index >= 15 is 0 Å². The Morgan fingerprint density at radius 2 is 2.00 bits per heavy atom. The van der Waals surface area contributed by atoms with Crippen LogP contribution in [0.2, 0.25) is 0 Å². The molecule has 0 amide bonds. The van der Waals surface area contributed by atoms with Gasteiger partial charge in [0.05, 0.1) is 6.10 Å². The maximum atomic E-state index is 12.8. The maximum Gasteiger partial charge on any atom is 0.303 e. The first-order chi connectivity index (χ1) is 7.50. The van der Waals surface area contributed by atoms with Crippen LogP contribution in [0.5, 0.6) is 0 Å². The summed E-state index contributed by atoms with van der Waals surface area (Å²) in [7, 11) is 0. The van der Waals surface area contributed by atoms with E-state index in [4.69, 9.17) is 5.11 Å². The summed E-state index contributed by atoms with van der Waals surface area (Å²) in [5.74, 6) is -2.94. The van der Waals surface area contributed by atoms with Crippen LogP contribution in [0.15, 0.2) is 18.2 Å². The predicted octanol–water partition coefficient (Wildman–Crippen LogP) is 2.25. The molecule has 0 heterocycles. The van der Waals surface area contributed by atoms with Gasteiger partial charge in [-0.25, -0.2) is 8.78 Å². The highest BCUT2D eigenvalue weighted by molar-refractivity contribution is 5.66. The summed E-state index contributed by atoms with van der Waals surface area (Å²) < 4.78 is 25.4. The molecule has 16 heavy (non-hydrogen) atoms. The molecule has 1 rings (SSSR count). The van der Waals surface area contributed by atoms with Crippen LogP contribution in [0.3, 0.4) is 0 Å². The summed E-state index contributed by atoms with van der Waals surface area (Å²) >= 11 is 0. The Bertz CT molecular complexity index is 379. The molecule has 0 fully saturated rings. The van der Waals surface area contributed by atoms with E-state index in [2.05, 4.69) is 0 Å². The second-order valence-electron chi connectivity index (χ2n) is 3.48. The number of aliphatic hydroxyl groups excluding tert-OH is 1. The third kappa shape index (κ3) is 3.58. The van der Waals surface area contributed by atoms with Crippen molar-refractivity contribution in [2.24, 2.45) is 0 Å². The van der Waals surface area contributed by atoms with Crippen molar-refractivity contribution in [3.05, 3.63) is 35.4 Å². The lowest BCUT2D eigenvalue weighted by Crippen LogP contribution is -2.01. The van der Waals surface area contributed by atoms with E-state index in [0.717, 1.165) is 12.1 Å². The molecule has 0 saturated heterocycles. The number of hydrogen-bond acceptors (Lipinski definition) is 2. The van der Waals surface area contributed by atoms with E-state index in [1.54, 1.807) is 0 Å². The molecule has 0 aromatic heterocycles. The van der Waals surface area contributed by atoms with Crippen LogP contribution in [0.25, 0.3) is 0 Å². The number of rotatable bonds is 5.